The first-order valence-electron chi connectivity index (χ1n) is 11.6. The topological polar surface area (TPSA) is 96.5 Å². The van der Waals surface area contributed by atoms with E-state index < -0.39 is 0 Å². The van der Waals surface area contributed by atoms with Crippen molar-refractivity contribution in [3.8, 4) is 5.75 Å². The molecule has 8 heteroatoms. The number of carbonyl (C=O) groups excluding carboxylic acids is 2. The maximum atomic E-state index is 12.8. The molecule has 2 amide bonds. The summed E-state index contributed by atoms with van der Waals surface area (Å²) in [5.41, 5.74) is 1.06. The van der Waals surface area contributed by atoms with E-state index in [1.807, 2.05) is 29.2 Å². The van der Waals surface area contributed by atoms with Gasteiger partial charge in [-0.05, 0) is 43.4 Å². The van der Waals surface area contributed by atoms with Gasteiger partial charge in [-0.15, -0.1) is 0 Å². The van der Waals surface area contributed by atoms with Crippen molar-refractivity contribution in [2.45, 2.75) is 38.1 Å². The highest BCUT2D eigenvalue weighted by Gasteiger charge is 2.31. The summed E-state index contributed by atoms with van der Waals surface area (Å²) in [5, 5.41) is 6.28. The molecule has 2 N–H and O–H groups in total. The van der Waals surface area contributed by atoms with Crippen LogP contribution in [-0.4, -0.2) is 59.0 Å². The van der Waals surface area contributed by atoms with Gasteiger partial charge >= 0.3 is 0 Å². The van der Waals surface area contributed by atoms with E-state index in [1.165, 1.54) is 0 Å². The van der Waals surface area contributed by atoms with Crippen LogP contribution < -0.4 is 15.4 Å². The van der Waals surface area contributed by atoms with Crippen molar-refractivity contribution in [3.05, 3.63) is 60.4 Å². The number of anilines is 1. The van der Waals surface area contributed by atoms with Crippen LogP contribution in [0.1, 0.15) is 31.2 Å². The zero-order valence-corrected chi connectivity index (χ0v) is 18.8. The van der Waals surface area contributed by atoms with Gasteiger partial charge < -0.3 is 20.3 Å². The number of aromatic nitrogens is 2. The number of carbonyl (C=O) groups is 2. The summed E-state index contributed by atoms with van der Waals surface area (Å²) in [4.78, 5) is 35.5. The molecule has 4 rings (SSSR count). The van der Waals surface area contributed by atoms with E-state index in [1.54, 1.807) is 18.5 Å². The van der Waals surface area contributed by atoms with Gasteiger partial charge in [0, 0.05) is 50.4 Å². The molecular weight excluding hydrogens is 418 g/mol. The molecule has 0 aliphatic carbocycles. The quantitative estimate of drug-likeness (QED) is 0.538. The zero-order chi connectivity index (χ0) is 22.9. The normalized spacial score (nSPS) is 21.8. The molecule has 0 unspecified atom stereocenters. The van der Waals surface area contributed by atoms with Crippen molar-refractivity contribution < 1.29 is 14.3 Å². The lowest BCUT2D eigenvalue weighted by molar-refractivity contribution is -0.133. The number of fused-ring (bicyclic) bond motifs is 2. The highest BCUT2D eigenvalue weighted by Crippen LogP contribution is 2.24. The van der Waals surface area contributed by atoms with Gasteiger partial charge in [0.25, 0.3) is 5.91 Å². The average Bonchev–Trinajstić information content (AvgIpc) is 2.84. The van der Waals surface area contributed by atoms with Crippen LogP contribution in [0.2, 0.25) is 0 Å². The number of rotatable bonds is 5. The van der Waals surface area contributed by atoms with Crippen LogP contribution in [-0.2, 0) is 16.0 Å². The molecule has 3 heterocycles. The van der Waals surface area contributed by atoms with Crippen LogP contribution in [0.5, 0.6) is 5.75 Å². The number of piperidine rings is 1. The summed E-state index contributed by atoms with van der Waals surface area (Å²) >= 11 is 0. The lowest BCUT2D eigenvalue weighted by Crippen LogP contribution is -2.53. The van der Waals surface area contributed by atoms with Gasteiger partial charge in [-0.1, -0.05) is 30.4 Å². The summed E-state index contributed by atoms with van der Waals surface area (Å²) in [6.45, 7) is 1.96. The monoisotopic (exact) mass is 449 g/mol. The van der Waals surface area contributed by atoms with Gasteiger partial charge in [0.15, 0.2) is 6.61 Å². The van der Waals surface area contributed by atoms with Gasteiger partial charge in [0.05, 0.1) is 0 Å². The first kappa shape index (κ1) is 22.8. The molecule has 174 valence electrons. The number of likely N-dealkylation sites (tertiary alicyclic amines) is 1. The third-order valence-corrected chi connectivity index (χ3v) is 6.12. The minimum Gasteiger partial charge on any atom is -0.483 e. The Labute approximate surface area is 194 Å². The molecule has 0 spiro atoms. The highest BCUT2D eigenvalue weighted by molar-refractivity contribution is 5.78. The van der Waals surface area contributed by atoms with Crippen LogP contribution in [0.25, 0.3) is 0 Å². The number of hydrogen-bond donors (Lipinski definition) is 2. The minimum absolute atomic E-state index is 0.00468. The smallest absolute Gasteiger partial charge is 0.258 e. The molecule has 2 aliphatic heterocycles. The second-order valence-corrected chi connectivity index (χ2v) is 8.47. The van der Waals surface area contributed by atoms with Gasteiger partial charge in [0.1, 0.15) is 5.75 Å². The molecule has 0 bridgehead atoms. The number of hydrogen-bond acceptors (Lipinski definition) is 6. The zero-order valence-electron chi connectivity index (χ0n) is 18.8. The van der Waals surface area contributed by atoms with E-state index in [4.69, 9.17) is 4.74 Å². The second-order valence-electron chi connectivity index (χ2n) is 8.47. The number of para-hydroxylation sites is 1. The third-order valence-electron chi connectivity index (χ3n) is 6.12. The molecule has 2 aromatic rings. The van der Waals surface area contributed by atoms with Crippen LogP contribution in [0.15, 0.2) is 54.9 Å². The maximum absolute atomic E-state index is 12.8. The Morgan fingerprint density at radius 1 is 1.18 bits per heavy atom. The Balaban J connectivity index is 1.31. The molecular formula is C25H31N5O3. The molecule has 0 radical (unpaired) electrons. The van der Waals surface area contributed by atoms with Gasteiger partial charge in [-0.25, -0.2) is 9.97 Å². The van der Waals surface area contributed by atoms with Crippen molar-refractivity contribution >= 4 is 17.8 Å². The summed E-state index contributed by atoms with van der Waals surface area (Å²) < 4.78 is 5.77. The Hall–Kier alpha value is -3.42. The summed E-state index contributed by atoms with van der Waals surface area (Å²) in [5.74, 6) is 1.56. The minimum atomic E-state index is -0.113. The van der Waals surface area contributed by atoms with E-state index in [0.717, 1.165) is 37.0 Å². The molecule has 33 heavy (non-hydrogen) atoms. The van der Waals surface area contributed by atoms with E-state index in [9.17, 15) is 9.59 Å². The summed E-state index contributed by atoms with van der Waals surface area (Å²) in [6, 6.07) is 9.63. The number of allylic oxidation sites excluding steroid dienone is 2. The SMILES string of the molecule is O=C1COc2ccccc2C/C=C/C[C@H]2CN(C(=O)CCCNc3ncccn3)CC[C@H]2N1. The fourth-order valence-electron chi connectivity index (χ4n) is 4.36. The van der Waals surface area contributed by atoms with Crippen molar-refractivity contribution in [1.29, 1.82) is 0 Å². The van der Waals surface area contributed by atoms with E-state index in [0.29, 0.717) is 32.0 Å². The number of ether oxygens (including phenoxy) is 1. The average molecular weight is 450 g/mol. The van der Waals surface area contributed by atoms with Crippen molar-refractivity contribution in [3.63, 3.8) is 0 Å². The van der Waals surface area contributed by atoms with E-state index >= 15 is 0 Å². The van der Waals surface area contributed by atoms with Crippen molar-refractivity contribution in [2.75, 3.05) is 31.6 Å². The van der Waals surface area contributed by atoms with Crippen LogP contribution in [0.4, 0.5) is 5.95 Å². The summed E-state index contributed by atoms with van der Waals surface area (Å²) in [7, 11) is 0. The number of nitrogens with one attached hydrogen (secondary N) is 2. The Bertz CT molecular complexity index is 966. The molecule has 1 fully saturated rings. The molecule has 2 aliphatic rings. The first-order valence-corrected chi connectivity index (χ1v) is 11.6. The number of amides is 2. The summed E-state index contributed by atoms with van der Waals surface area (Å²) in [6.07, 6.45) is 11.2. The first-order chi connectivity index (χ1) is 16.2. The maximum Gasteiger partial charge on any atom is 0.258 e. The fourth-order valence-corrected chi connectivity index (χ4v) is 4.36. The Morgan fingerprint density at radius 3 is 2.91 bits per heavy atom. The molecule has 0 saturated carbocycles. The fraction of sp³-hybridized carbons (Fsp3) is 0.440. The molecule has 1 saturated heterocycles. The van der Waals surface area contributed by atoms with Gasteiger partial charge in [-0.2, -0.15) is 0 Å². The largest absolute Gasteiger partial charge is 0.483 e. The van der Waals surface area contributed by atoms with Crippen LogP contribution in [0, 0.1) is 5.92 Å². The predicted octanol–water partition coefficient (Wildman–Crippen LogP) is 2.58. The number of nitrogens with zero attached hydrogens (tertiary/aromatic N) is 3. The molecule has 2 atom stereocenters. The lowest BCUT2D eigenvalue weighted by Gasteiger charge is -2.39. The highest BCUT2D eigenvalue weighted by atomic mass is 16.5. The molecule has 1 aromatic heterocycles. The second kappa shape index (κ2) is 11.4. The third kappa shape index (κ3) is 6.54. The van der Waals surface area contributed by atoms with Gasteiger partial charge in [0.2, 0.25) is 11.9 Å². The molecule has 1 aromatic carbocycles. The number of benzene rings is 1. The predicted molar refractivity (Wildman–Crippen MR) is 126 cm³/mol. The van der Waals surface area contributed by atoms with E-state index in [-0.39, 0.29) is 30.4 Å². The Kier molecular flexibility index (Phi) is 7.90. The lowest BCUT2D eigenvalue weighted by atomic mass is 9.88. The van der Waals surface area contributed by atoms with Gasteiger partial charge in [-0.3, -0.25) is 9.59 Å². The van der Waals surface area contributed by atoms with Crippen LogP contribution in [0.3, 0.4) is 0 Å². The molecule has 8 nitrogen and oxygen atoms in total. The van der Waals surface area contributed by atoms with E-state index in [2.05, 4.69) is 32.8 Å². The Morgan fingerprint density at radius 2 is 2.03 bits per heavy atom. The standard InChI is InChI=1S/C25H31N5O3/c31-23-18-33-22-10-4-3-8-19(22)7-1-2-9-20-17-30(16-12-21(20)29-23)24(32)11-5-13-26-25-27-14-6-15-28-25/h1-4,6,8,10,14-15,20-21H,5,7,9,11-13,16-18H2,(H,29,31)(H,26,27,28)/b2-1+/t20-,21+/m0/s1. The van der Waals surface area contributed by atoms with Crippen LogP contribution >= 0.6 is 0 Å². The van der Waals surface area contributed by atoms with Crippen molar-refractivity contribution in [2.24, 2.45) is 5.92 Å². The van der Waals surface area contributed by atoms with Crippen molar-refractivity contribution in [1.82, 2.24) is 20.2 Å².